The van der Waals surface area contributed by atoms with Crippen molar-refractivity contribution >= 4 is 39.1 Å². The Bertz CT molecular complexity index is 680. The summed E-state index contributed by atoms with van der Waals surface area (Å²) in [5, 5.41) is 2.88. The van der Waals surface area contributed by atoms with Crippen LogP contribution in [0.3, 0.4) is 0 Å². The molecule has 21 heavy (non-hydrogen) atoms. The number of carbonyl (C=O) groups is 1. The van der Waals surface area contributed by atoms with Gasteiger partial charge in [-0.1, -0.05) is 35.4 Å². The first-order valence-electron chi connectivity index (χ1n) is 6.37. The maximum atomic E-state index is 13.2. The molecule has 1 N–H and O–H groups in total. The molecule has 1 amide bonds. The van der Waals surface area contributed by atoms with Gasteiger partial charge in [0.25, 0.3) is 0 Å². The Morgan fingerprint density at radius 2 is 2.00 bits per heavy atom. The van der Waals surface area contributed by atoms with Crippen LogP contribution in [0.25, 0.3) is 0 Å². The minimum absolute atomic E-state index is 0.163. The molecule has 0 aliphatic carbocycles. The van der Waals surface area contributed by atoms with Crippen LogP contribution in [0, 0.1) is 19.7 Å². The van der Waals surface area contributed by atoms with E-state index in [9.17, 15) is 9.18 Å². The van der Waals surface area contributed by atoms with Gasteiger partial charge in [-0.05, 0) is 53.0 Å². The Morgan fingerprint density at radius 1 is 1.29 bits per heavy atom. The summed E-state index contributed by atoms with van der Waals surface area (Å²) >= 11 is 9.15. The summed E-state index contributed by atoms with van der Waals surface area (Å²) in [6.07, 6.45) is 0.244. The third kappa shape index (κ3) is 4.05. The molecule has 2 aromatic carbocycles. The molecule has 2 aromatic rings. The van der Waals surface area contributed by atoms with Crippen molar-refractivity contribution in [1.29, 1.82) is 0 Å². The number of hydrogen-bond acceptors (Lipinski definition) is 1. The molecule has 0 bridgehead atoms. The van der Waals surface area contributed by atoms with E-state index >= 15 is 0 Å². The molecule has 0 unspecified atom stereocenters. The van der Waals surface area contributed by atoms with Gasteiger partial charge in [0.1, 0.15) is 5.82 Å². The highest BCUT2D eigenvalue weighted by Crippen LogP contribution is 2.31. The van der Waals surface area contributed by atoms with E-state index in [1.54, 1.807) is 0 Å². The molecule has 2 nitrogen and oxygen atoms in total. The zero-order valence-corrected chi connectivity index (χ0v) is 14.0. The number of nitrogens with one attached hydrogen (secondary N) is 1. The van der Waals surface area contributed by atoms with Gasteiger partial charge < -0.3 is 5.32 Å². The Kier molecular flexibility index (Phi) is 5.01. The lowest BCUT2D eigenvalue weighted by Crippen LogP contribution is -2.16. The van der Waals surface area contributed by atoms with Crippen molar-refractivity contribution < 1.29 is 9.18 Å². The molecule has 0 aliphatic heterocycles. The lowest BCUT2D eigenvalue weighted by atomic mass is 10.0. The smallest absolute Gasteiger partial charge is 0.228 e. The molecule has 0 spiro atoms. The van der Waals surface area contributed by atoms with E-state index in [0.717, 1.165) is 16.7 Å². The molecule has 0 saturated carbocycles. The summed E-state index contributed by atoms with van der Waals surface area (Å²) in [6.45, 7) is 3.94. The molecular formula is C16H14BrClFNO. The Hall–Kier alpha value is -1.39. The lowest BCUT2D eigenvalue weighted by molar-refractivity contribution is -0.115. The molecule has 0 aromatic heterocycles. The van der Waals surface area contributed by atoms with E-state index in [-0.39, 0.29) is 17.4 Å². The summed E-state index contributed by atoms with van der Waals surface area (Å²) in [5.41, 5.74) is 3.50. The van der Waals surface area contributed by atoms with Crippen molar-refractivity contribution in [3.63, 3.8) is 0 Å². The van der Waals surface area contributed by atoms with Gasteiger partial charge in [-0.25, -0.2) is 4.39 Å². The largest absolute Gasteiger partial charge is 0.324 e. The number of rotatable bonds is 3. The average molecular weight is 371 g/mol. The second-order valence-electron chi connectivity index (χ2n) is 4.90. The SMILES string of the molecule is Cc1ccc(C)c(CC(=O)Nc2c(Cl)cc(F)cc2Br)c1. The van der Waals surface area contributed by atoms with Gasteiger partial charge in [0.05, 0.1) is 17.1 Å². The number of anilines is 1. The first-order chi connectivity index (χ1) is 9.86. The van der Waals surface area contributed by atoms with Gasteiger partial charge in [-0.2, -0.15) is 0 Å². The van der Waals surface area contributed by atoms with E-state index in [0.29, 0.717) is 10.2 Å². The Balaban J connectivity index is 2.17. The third-order valence-corrected chi connectivity index (χ3v) is 4.05. The maximum absolute atomic E-state index is 13.2. The Labute approximate surface area is 136 Å². The second kappa shape index (κ2) is 6.58. The fourth-order valence-corrected chi connectivity index (χ4v) is 2.91. The van der Waals surface area contributed by atoms with Gasteiger partial charge in [0.15, 0.2) is 0 Å². The first kappa shape index (κ1) is 16.0. The van der Waals surface area contributed by atoms with Crippen LogP contribution in [0.15, 0.2) is 34.8 Å². The first-order valence-corrected chi connectivity index (χ1v) is 7.54. The Morgan fingerprint density at radius 3 is 2.67 bits per heavy atom. The minimum atomic E-state index is -0.459. The minimum Gasteiger partial charge on any atom is -0.324 e. The van der Waals surface area contributed by atoms with Crippen molar-refractivity contribution in [2.24, 2.45) is 0 Å². The predicted octanol–water partition coefficient (Wildman–Crippen LogP) is 5.04. The van der Waals surface area contributed by atoms with Crippen LogP contribution in [-0.2, 0) is 11.2 Å². The quantitative estimate of drug-likeness (QED) is 0.806. The van der Waals surface area contributed by atoms with Crippen LogP contribution in [0.1, 0.15) is 16.7 Å². The van der Waals surface area contributed by atoms with Crippen LogP contribution in [-0.4, -0.2) is 5.91 Å². The summed E-state index contributed by atoms with van der Waals surface area (Å²) < 4.78 is 13.6. The zero-order chi connectivity index (χ0) is 15.6. The third-order valence-electron chi connectivity index (χ3n) is 3.13. The monoisotopic (exact) mass is 369 g/mol. The summed E-state index contributed by atoms with van der Waals surface area (Å²) in [5.74, 6) is -0.655. The molecule has 0 atom stereocenters. The summed E-state index contributed by atoms with van der Waals surface area (Å²) in [7, 11) is 0. The highest BCUT2D eigenvalue weighted by atomic mass is 79.9. The predicted molar refractivity (Wildman–Crippen MR) is 87.4 cm³/mol. The number of amides is 1. The highest BCUT2D eigenvalue weighted by molar-refractivity contribution is 9.10. The highest BCUT2D eigenvalue weighted by Gasteiger charge is 2.13. The fraction of sp³-hybridized carbons (Fsp3) is 0.188. The molecule has 0 radical (unpaired) electrons. The molecule has 5 heteroatoms. The van der Waals surface area contributed by atoms with Crippen LogP contribution >= 0.6 is 27.5 Å². The number of benzene rings is 2. The van der Waals surface area contributed by atoms with E-state index < -0.39 is 5.82 Å². The molecule has 110 valence electrons. The van der Waals surface area contributed by atoms with Crippen molar-refractivity contribution in [2.45, 2.75) is 20.3 Å². The normalized spacial score (nSPS) is 10.5. The van der Waals surface area contributed by atoms with Crippen LogP contribution in [0.4, 0.5) is 10.1 Å². The number of aryl methyl sites for hydroxylation is 2. The maximum Gasteiger partial charge on any atom is 0.228 e. The van der Waals surface area contributed by atoms with E-state index in [2.05, 4.69) is 21.2 Å². The number of carbonyl (C=O) groups excluding carboxylic acids is 1. The van der Waals surface area contributed by atoms with Crippen LogP contribution < -0.4 is 5.32 Å². The zero-order valence-electron chi connectivity index (χ0n) is 11.6. The van der Waals surface area contributed by atoms with Crippen molar-refractivity contribution in [3.8, 4) is 0 Å². The van der Waals surface area contributed by atoms with Crippen molar-refractivity contribution in [2.75, 3.05) is 5.32 Å². The van der Waals surface area contributed by atoms with E-state index in [1.807, 2.05) is 32.0 Å². The molecule has 0 heterocycles. The van der Waals surface area contributed by atoms with Gasteiger partial charge in [-0.3, -0.25) is 4.79 Å². The topological polar surface area (TPSA) is 29.1 Å². The van der Waals surface area contributed by atoms with Gasteiger partial charge >= 0.3 is 0 Å². The molecule has 2 rings (SSSR count). The molecule has 0 fully saturated rings. The van der Waals surface area contributed by atoms with Crippen LogP contribution in [0.5, 0.6) is 0 Å². The fourth-order valence-electron chi connectivity index (χ4n) is 2.01. The summed E-state index contributed by atoms with van der Waals surface area (Å²) in [4.78, 5) is 12.2. The molecule has 0 saturated heterocycles. The van der Waals surface area contributed by atoms with Crippen molar-refractivity contribution in [3.05, 3.63) is 62.3 Å². The number of halogens is 3. The van der Waals surface area contributed by atoms with E-state index in [1.165, 1.54) is 12.1 Å². The van der Waals surface area contributed by atoms with Crippen molar-refractivity contribution in [1.82, 2.24) is 0 Å². The van der Waals surface area contributed by atoms with E-state index in [4.69, 9.17) is 11.6 Å². The standard InChI is InChI=1S/C16H14BrClFNO/c1-9-3-4-10(2)11(5-9)6-15(21)20-16-13(17)7-12(19)8-14(16)18/h3-5,7-8H,6H2,1-2H3,(H,20,21). The average Bonchev–Trinajstić information content (AvgIpc) is 2.38. The lowest BCUT2D eigenvalue weighted by Gasteiger charge is -2.11. The van der Waals surface area contributed by atoms with Gasteiger partial charge in [-0.15, -0.1) is 0 Å². The van der Waals surface area contributed by atoms with Gasteiger partial charge in [0, 0.05) is 4.47 Å². The molecular weight excluding hydrogens is 357 g/mol. The summed E-state index contributed by atoms with van der Waals surface area (Å²) in [6, 6.07) is 8.40. The number of hydrogen-bond donors (Lipinski definition) is 1. The molecule has 0 aliphatic rings. The second-order valence-corrected chi connectivity index (χ2v) is 6.16. The van der Waals surface area contributed by atoms with Crippen LogP contribution in [0.2, 0.25) is 5.02 Å². The van der Waals surface area contributed by atoms with Gasteiger partial charge in [0.2, 0.25) is 5.91 Å².